The lowest BCUT2D eigenvalue weighted by molar-refractivity contribution is 0.206. The summed E-state index contributed by atoms with van der Waals surface area (Å²) in [6.45, 7) is 14.9. The molecule has 32 heavy (non-hydrogen) atoms. The Kier molecular flexibility index (Phi) is 12.7. The molecule has 2 fully saturated rings. The molecule has 1 aromatic rings. The van der Waals surface area contributed by atoms with Crippen molar-refractivity contribution in [3.05, 3.63) is 29.8 Å². The first-order valence-electron chi connectivity index (χ1n) is 12.4. The normalized spacial score (nSPS) is 19.0. The van der Waals surface area contributed by atoms with Gasteiger partial charge >= 0.3 is 0 Å². The van der Waals surface area contributed by atoms with E-state index in [0.29, 0.717) is 6.04 Å². The molecule has 0 radical (unpaired) electrons. The summed E-state index contributed by atoms with van der Waals surface area (Å²) >= 11 is 0. The van der Waals surface area contributed by atoms with Crippen LogP contribution in [-0.2, 0) is 0 Å². The summed E-state index contributed by atoms with van der Waals surface area (Å²) in [5, 5.41) is 7.15. The molecule has 0 spiro atoms. The molecule has 2 N–H and O–H groups in total. The van der Waals surface area contributed by atoms with Crippen LogP contribution in [0.25, 0.3) is 0 Å². The van der Waals surface area contributed by atoms with Gasteiger partial charge in [-0.1, -0.05) is 19.1 Å². The van der Waals surface area contributed by atoms with E-state index >= 15 is 0 Å². The number of hydrogen-bond donors (Lipinski definition) is 2. The third-order valence-electron chi connectivity index (χ3n) is 6.62. The SMILES string of the molecule is CCCN1CCC(NC(=NC)NCCCCN2CCN(c3cccc(C)c3)CC2)CC1.I. The maximum atomic E-state index is 4.43. The average molecular weight is 557 g/mol. The number of halogens is 1. The number of nitrogens with zero attached hydrogens (tertiary/aromatic N) is 4. The monoisotopic (exact) mass is 556 g/mol. The number of piperidine rings is 1. The van der Waals surface area contributed by atoms with Crippen LogP contribution in [-0.4, -0.2) is 87.8 Å². The number of guanidine groups is 1. The van der Waals surface area contributed by atoms with Gasteiger partial charge in [-0.25, -0.2) is 0 Å². The molecule has 182 valence electrons. The van der Waals surface area contributed by atoms with Gasteiger partial charge in [-0.2, -0.15) is 0 Å². The van der Waals surface area contributed by atoms with Crippen molar-refractivity contribution in [3.8, 4) is 0 Å². The lowest BCUT2D eigenvalue weighted by Gasteiger charge is -2.36. The predicted molar refractivity (Wildman–Crippen MR) is 149 cm³/mol. The molecule has 0 unspecified atom stereocenters. The molecule has 2 aliphatic rings. The molecule has 0 aliphatic carbocycles. The second kappa shape index (κ2) is 15.0. The third-order valence-corrected chi connectivity index (χ3v) is 6.62. The van der Waals surface area contributed by atoms with Crippen molar-refractivity contribution in [3.63, 3.8) is 0 Å². The van der Waals surface area contributed by atoms with Crippen LogP contribution in [0.2, 0.25) is 0 Å². The van der Waals surface area contributed by atoms with E-state index in [4.69, 9.17) is 0 Å². The average Bonchev–Trinajstić information content (AvgIpc) is 2.80. The highest BCUT2D eigenvalue weighted by Gasteiger charge is 2.19. The Bertz CT molecular complexity index is 666. The fourth-order valence-corrected chi connectivity index (χ4v) is 4.73. The standard InChI is InChI=1S/C25H44N6.HI/c1-4-13-29-15-10-23(11-16-29)28-25(26-3)27-12-5-6-14-30-17-19-31(20-18-30)24-9-7-8-22(2)21-24;/h7-9,21,23H,4-6,10-20H2,1-3H3,(H2,26,27,28);1H. The molecule has 0 aromatic heterocycles. The minimum absolute atomic E-state index is 0. The van der Waals surface area contributed by atoms with Crippen LogP contribution in [0.5, 0.6) is 0 Å². The van der Waals surface area contributed by atoms with Crippen molar-refractivity contribution in [2.45, 2.75) is 52.0 Å². The topological polar surface area (TPSA) is 46.1 Å². The third kappa shape index (κ3) is 9.06. The van der Waals surface area contributed by atoms with Crippen molar-refractivity contribution in [2.75, 3.05) is 70.9 Å². The van der Waals surface area contributed by atoms with E-state index < -0.39 is 0 Å². The number of hydrogen-bond acceptors (Lipinski definition) is 4. The van der Waals surface area contributed by atoms with Gasteiger partial charge in [0.15, 0.2) is 5.96 Å². The Morgan fingerprint density at radius 2 is 1.72 bits per heavy atom. The lowest BCUT2D eigenvalue weighted by Crippen LogP contribution is -2.49. The van der Waals surface area contributed by atoms with E-state index in [9.17, 15) is 0 Å². The molecule has 0 amide bonds. The molecule has 6 nitrogen and oxygen atoms in total. The number of piperazine rings is 1. The Morgan fingerprint density at radius 3 is 2.38 bits per heavy atom. The van der Waals surface area contributed by atoms with Gasteiger partial charge in [0.25, 0.3) is 0 Å². The molecule has 0 atom stereocenters. The zero-order valence-corrected chi connectivity index (χ0v) is 22.8. The number of benzene rings is 1. The fourth-order valence-electron chi connectivity index (χ4n) is 4.73. The van der Waals surface area contributed by atoms with Gasteiger partial charge < -0.3 is 20.4 Å². The molecule has 1 aromatic carbocycles. The minimum Gasteiger partial charge on any atom is -0.369 e. The highest BCUT2D eigenvalue weighted by molar-refractivity contribution is 14.0. The van der Waals surface area contributed by atoms with E-state index in [2.05, 4.69) is 68.4 Å². The Hall–Kier alpha value is -1.06. The number of unbranched alkanes of at least 4 members (excludes halogenated alkanes) is 1. The van der Waals surface area contributed by atoms with Gasteiger partial charge in [-0.05, 0) is 69.8 Å². The van der Waals surface area contributed by atoms with Crippen molar-refractivity contribution >= 4 is 35.6 Å². The van der Waals surface area contributed by atoms with Crippen LogP contribution >= 0.6 is 24.0 Å². The van der Waals surface area contributed by atoms with Crippen LogP contribution in [0.15, 0.2) is 29.3 Å². The molecular weight excluding hydrogens is 511 g/mol. The number of anilines is 1. The lowest BCUT2D eigenvalue weighted by atomic mass is 10.1. The Labute approximate surface area is 213 Å². The Morgan fingerprint density at radius 1 is 1.00 bits per heavy atom. The van der Waals surface area contributed by atoms with Crippen LogP contribution < -0.4 is 15.5 Å². The predicted octanol–water partition coefficient (Wildman–Crippen LogP) is 3.55. The van der Waals surface area contributed by atoms with Crippen molar-refractivity contribution in [1.82, 2.24) is 20.4 Å². The fraction of sp³-hybridized carbons (Fsp3) is 0.720. The van der Waals surface area contributed by atoms with Gasteiger partial charge in [-0.3, -0.25) is 9.89 Å². The summed E-state index contributed by atoms with van der Waals surface area (Å²) in [4.78, 5) is 12.1. The van der Waals surface area contributed by atoms with Gasteiger partial charge in [0.2, 0.25) is 0 Å². The van der Waals surface area contributed by atoms with E-state index in [-0.39, 0.29) is 24.0 Å². The number of likely N-dealkylation sites (tertiary alicyclic amines) is 1. The van der Waals surface area contributed by atoms with Crippen molar-refractivity contribution in [2.24, 2.45) is 4.99 Å². The van der Waals surface area contributed by atoms with Crippen LogP contribution in [0, 0.1) is 6.92 Å². The van der Waals surface area contributed by atoms with E-state index in [1.165, 1.54) is 82.6 Å². The minimum atomic E-state index is 0. The van der Waals surface area contributed by atoms with Crippen LogP contribution in [0.1, 0.15) is 44.6 Å². The van der Waals surface area contributed by atoms with Crippen LogP contribution in [0.4, 0.5) is 5.69 Å². The number of aryl methyl sites for hydroxylation is 1. The quantitative estimate of drug-likeness (QED) is 0.211. The first kappa shape index (κ1) is 27.2. The summed E-state index contributed by atoms with van der Waals surface area (Å²) in [5.74, 6) is 0.973. The maximum Gasteiger partial charge on any atom is 0.191 e. The zero-order chi connectivity index (χ0) is 21.9. The number of rotatable bonds is 9. The van der Waals surface area contributed by atoms with Gasteiger partial charge in [-0.15, -0.1) is 24.0 Å². The van der Waals surface area contributed by atoms with E-state index in [0.717, 1.165) is 25.6 Å². The molecule has 2 saturated heterocycles. The Balaban J connectivity index is 0.00000363. The van der Waals surface area contributed by atoms with Crippen molar-refractivity contribution < 1.29 is 0 Å². The first-order chi connectivity index (χ1) is 15.2. The summed E-state index contributed by atoms with van der Waals surface area (Å²) in [6.07, 6.45) is 6.12. The molecular formula is C25H45IN6. The van der Waals surface area contributed by atoms with Crippen LogP contribution in [0.3, 0.4) is 0 Å². The van der Waals surface area contributed by atoms with Gasteiger partial charge in [0.1, 0.15) is 0 Å². The summed E-state index contributed by atoms with van der Waals surface area (Å²) in [6, 6.07) is 9.44. The molecule has 2 aliphatic heterocycles. The largest absolute Gasteiger partial charge is 0.369 e. The van der Waals surface area contributed by atoms with Gasteiger partial charge in [0, 0.05) is 64.6 Å². The van der Waals surface area contributed by atoms with E-state index in [1.54, 1.807) is 0 Å². The summed E-state index contributed by atoms with van der Waals surface area (Å²) in [7, 11) is 1.88. The summed E-state index contributed by atoms with van der Waals surface area (Å²) in [5.41, 5.74) is 2.72. The second-order valence-corrected chi connectivity index (χ2v) is 9.13. The second-order valence-electron chi connectivity index (χ2n) is 9.13. The highest BCUT2D eigenvalue weighted by Crippen LogP contribution is 2.18. The number of nitrogens with one attached hydrogen (secondary N) is 2. The zero-order valence-electron chi connectivity index (χ0n) is 20.5. The molecule has 0 saturated carbocycles. The summed E-state index contributed by atoms with van der Waals surface area (Å²) < 4.78 is 0. The molecule has 7 heteroatoms. The van der Waals surface area contributed by atoms with Gasteiger partial charge in [0.05, 0.1) is 0 Å². The number of aliphatic imine (C=N–C) groups is 1. The maximum absolute atomic E-state index is 4.43. The molecule has 0 bridgehead atoms. The van der Waals surface area contributed by atoms with Crippen molar-refractivity contribution in [1.29, 1.82) is 0 Å². The van der Waals surface area contributed by atoms with E-state index in [1.807, 2.05) is 7.05 Å². The molecule has 3 rings (SSSR count). The first-order valence-corrected chi connectivity index (χ1v) is 12.4. The highest BCUT2D eigenvalue weighted by atomic mass is 127. The smallest absolute Gasteiger partial charge is 0.191 e. The molecule has 2 heterocycles.